The summed E-state index contributed by atoms with van der Waals surface area (Å²) in [5.41, 5.74) is -0.0878. The van der Waals surface area contributed by atoms with Crippen molar-refractivity contribution in [2.45, 2.75) is 12.7 Å². The summed E-state index contributed by atoms with van der Waals surface area (Å²) in [7, 11) is 0. The number of hydrogen-bond donors (Lipinski definition) is 0. The highest BCUT2D eigenvalue weighted by molar-refractivity contribution is 5.95. The molecule has 0 aliphatic carbocycles. The van der Waals surface area contributed by atoms with Crippen molar-refractivity contribution in [3.8, 4) is 11.5 Å². The van der Waals surface area contributed by atoms with Gasteiger partial charge in [0.05, 0.1) is 6.54 Å². The van der Waals surface area contributed by atoms with Gasteiger partial charge in [0.2, 0.25) is 5.89 Å². The molecule has 1 aromatic carbocycles. The molecule has 9 heteroatoms. The van der Waals surface area contributed by atoms with Gasteiger partial charge in [-0.15, -0.1) is 10.2 Å². The van der Waals surface area contributed by atoms with E-state index in [-0.39, 0.29) is 17.9 Å². The summed E-state index contributed by atoms with van der Waals surface area (Å²) in [6.45, 7) is -0.194. The smallest absolute Gasteiger partial charge is 0.413 e. The van der Waals surface area contributed by atoms with Gasteiger partial charge in [0.1, 0.15) is 0 Å². The van der Waals surface area contributed by atoms with Crippen LogP contribution in [0.1, 0.15) is 16.2 Å². The van der Waals surface area contributed by atoms with E-state index in [0.29, 0.717) is 5.56 Å². The fourth-order valence-electron chi connectivity index (χ4n) is 2.10. The lowest BCUT2D eigenvalue weighted by molar-refractivity contribution is -0.156. The summed E-state index contributed by atoms with van der Waals surface area (Å²) < 4.78 is 43.1. The van der Waals surface area contributed by atoms with Gasteiger partial charge < -0.3 is 8.98 Å². The van der Waals surface area contributed by atoms with Gasteiger partial charge in [0.25, 0.3) is 5.56 Å². The van der Waals surface area contributed by atoms with Crippen LogP contribution in [0.5, 0.6) is 0 Å². The van der Waals surface area contributed by atoms with Crippen LogP contribution in [0.4, 0.5) is 13.2 Å². The maximum absolute atomic E-state index is 12.5. The molecule has 128 valence electrons. The second-order valence-corrected chi connectivity index (χ2v) is 5.08. The third-order valence-corrected chi connectivity index (χ3v) is 3.32. The lowest BCUT2D eigenvalue weighted by Gasteiger charge is -2.05. The Bertz CT molecular complexity index is 962. The molecule has 3 rings (SSSR count). The Hall–Kier alpha value is -3.23. The molecule has 0 bridgehead atoms. The van der Waals surface area contributed by atoms with Gasteiger partial charge in [-0.25, -0.2) is 0 Å². The Morgan fingerprint density at radius 2 is 1.84 bits per heavy atom. The number of nitrogens with zero attached hydrogens (tertiary/aromatic N) is 3. The Morgan fingerprint density at radius 1 is 1.12 bits per heavy atom. The molecule has 25 heavy (non-hydrogen) atoms. The first-order chi connectivity index (χ1) is 11.8. The average molecular weight is 349 g/mol. The second-order valence-electron chi connectivity index (χ2n) is 5.08. The van der Waals surface area contributed by atoms with Crippen molar-refractivity contribution in [2.24, 2.45) is 0 Å². The molecule has 0 amide bonds. The van der Waals surface area contributed by atoms with Gasteiger partial charge in [0.15, 0.2) is 5.78 Å². The third kappa shape index (κ3) is 3.65. The summed E-state index contributed by atoms with van der Waals surface area (Å²) in [6.07, 6.45) is -3.47. The maximum atomic E-state index is 12.5. The summed E-state index contributed by atoms with van der Waals surface area (Å²) in [5.74, 6) is -2.19. The number of benzene rings is 1. The zero-order valence-electron chi connectivity index (χ0n) is 12.5. The molecule has 0 spiro atoms. The molecular formula is C16H10F3N3O3. The molecule has 0 radical (unpaired) electrons. The Labute approximate surface area is 138 Å². The van der Waals surface area contributed by atoms with Crippen LogP contribution in [0.25, 0.3) is 11.5 Å². The monoisotopic (exact) mass is 349 g/mol. The Balaban J connectivity index is 1.83. The summed E-state index contributed by atoms with van der Waals surface area (Å²) >= 11 is 0. The van der Waals surface area contributed by atoms with E-state index in [1.165, 1.54) is 12.3 Å². The van der Waals surface area contributed by atoms with Crippen LogP contribution in [0, 0.1) is 0 Å². The van der Waals surface area contributed by atoms with Gasteiger partial charge in [0, 0.05) is 23.4 Å². The molecule has 2 aromatic heterocycles. The molecule has 0 fully saturated rings. The molecule has 3 aromatic rings. The number of aromatic nitrogens is 3. The quantitative estimate of drug-likeness (QED) is 0.677. The van der Waals surface area contributed by atoms with Crippen LogP contribution in [-0.2, 0) is 12.7 Å². The predicted octanol–water partition coefficient (Wildman–Crippen LogP) is 2.80. The number of alkyl halides is 3. The van der Waals surface area contributed by atoms with Crippen LogP contribution in [0.15, 0.2) is 57.9 Å². The maximum Gasteiger partial charge on any atom is 0.470 e. The molecule has 0 unspecified atom stereocenters. The lowest BCUT2D eigenvalue weighted by atomic mass is 10.1. The number of rotatable bonds is 4. The standard InChI is InChI=1S/C16H10F3N3O3/c17-16(18,19)15-21-20-14(25-15)11-6-7-22(13(24)8-11)9-12(23)10-4-2-1-3-5-10/h1-8H,9H2. The van der Waals surface area contributed by atoms with Crippen molar-refractivity contribution in [2.75, 3.05) is 0 Å². The first-order valence-corrected chi connectivity index (χ1v) is 7.04. The zero-order valence-corrected chi connectivity index (χ0v) is 12.5. The predicted molar refractivity (Wildman–Crippen MR) is 79.8 cm³/mol. The van der Waals surface area contributed by atoms with Crippen molar-refractivity contribution in [1.82, 2.24) is 14.8 Å². The first-order valence-electron chi connectivity index (χ1n) is 7.04. The molecule has 0 atom stereocenters. The minimum absolute atomic E-state index is 0.0383. The van der Waals surface area contributed by atoms with Crippen LogP contribution in [0.2, 0.25) is 0 Å². The van der Waals surface area contributed by atoms with Gasteiger partial charge in [-0.1, -0.05) is 30.3 Å². The fraction of sp³-hybridized carbons (Fsp3) is 0.125. The highest BCUT2D eigenvalue weighted by Gasteiger charge is 2.38. The number of Topliss-reactive ketones (excluding diaryl/α,β-unsaturated/α-hetero) is 1. The van der Waals surface area contributed by atoms with Crippen molar-refractivity contribution in [3.05, 3.63) is 70.5 Å². The van der Waals surface area contributed by atoms with Gasteiger partial charge in [-0.2, -0.15) is 13.2 Å². The molecule has 0 aliphatic heterocycles. The number of ketones is 1. The first kappa shape index (κ1) is 16.6. The average Bonchev–Trinajstić information content (AvgIpc) is 3.08. The Kier molecular flexibility index (Phi) is 4.22. The van der Waals surface area contributed by atoms with Crippen LogP contribution >= 0.6 is 0 Å². The molecule has 0 saturated heterocycles. The summed E-state index contributed by atoms with van der Waals surface area (Å²) in [4.78, 5) is 24.2. The van der Waals surface area contributed by atoms with Crippen LogP contribution < -0.4 is 5.56 Å². The number of carbonyl (C=O) groups is 1. The SMILES string of the molecule is O=C(Cn1ccc(-c2nnc(C(F)(F)F)o2)cc1=O)c1ccccc1. The highest BCUT2D eigenvalue weighted by atomic mass is 19.4. The van der Waals surface area contributed by atoms with E-state index in [2.05, 4.69) is 14.6 Å². The number of halogens is 3. The van der Waals surface area contributed by atoms with Crippen molar-refractivity contribution in [3.63, 3.8) is 0 Å². The van der Waals surface area contributed by atoms with E-state index in [0.717, 1.165) is 10.6 Å². The molecule has 6 nitrogen and oxygen atoms in total. The van der Waals surface area contributed by atoms with Crippen molar-refractivity contribution < 1.29 is 22.4 Å². The third-order valence-electron chi connectivity index (χ3n) is 3.32. The van der Waals surface area contributed by atoms with Gasteiger partial charge in [-0.05, 0) is 6.07 Å². The Morgan fingerprint density at radius 3 is 2.44 bits per heavy atom. The van der Waals surface area contributed by atoms with Crippen LogP contribution in [0.3, 0.4) is 0 Å². The molecular weight excluding hydrogens is 339 g/mol. The zero-order chi connectivity index (χ0) is 18.0. The molecule has 0 aliphatic rings. The minimum Gasteiger partial charge on any atom is -0.413 e. The normalized spacial score (nSPS) is 11.5. The van der Waals surface area contributed by atoms with Crippen LogP contribution in [-0.4, -0.2) is 20.5 Å². The highest BCUT2D eigenvalue weighted by Crippen LogP contribution is 2.29. The van der Waals surface area contributed by atoms with E-state index in [1.807, 2.05) is 0 Å². The van der Waals surface area contributed by atoms with Gasteiger partial charge in [-0.3, -0.25) is 9.59 Å². The minimum atomic E-state index is -4.76. The molecule has 0 N–H and O–H groups in total. The van der Waals surface area contributed by atoms with Crippen molar-refractivity contribution in [1.29, 1.82) is 0 Å². The van der Waals surface area contributed by atoms with E-state index >= 15 is 0 Å². The largest absolute Gasteiger partial charge is 0.470 e. The molecule has 0 saturated carbocycles. The van der Waals surface area contributed by atoms with E-state index in [4.69, 9.17) is 0 Å². The number of hydrogen-bond acceptors (Lipinski definition) is 5. The van der Waals surface area contributed by atoms with Crippen molar-refractivity contribution >= 4 is 5.78 Å². The number of carbonyl (C=O) groups excluding carboxylic acids is 1. The van der Waals surface area contributed by atoms with Gasteiger partial charge >= 0.3 is 12.1 Å². The van der Waals surface area contributed by atoms with E-state index < -0.39 is 23.5 Å². The second kappa shape index (κ2) is 6.34. The topological polar surface area (TPSA) is 78.0 Å². The van der Waals surface area contributed by atoms with E-state index in [1.54, 1.807) is 30.3 Å². The summed E-state index contributed by atoms with van der Waals surface area (Å²) in [6, 6.07) is 10.8. The molecule has 2 heterocycles. The summed E-state index contributed by atoms with van der Waals surface area (Å²) in [5, 5.41) is 6.18. The lowest BCUT2D eigenvalue weighted by Crippen LogP contribution is -2.23. The number of pyridine rings is 1. The fourth-order valence-corrected chi connectivity index (χ4v) is 2.10. The van der Waals surface area contributed by atoms with E-state index in [9.17, 15) is 22.8 Å².